The first-order valence-corrected chi connectivity index (χ1v) is 9.89. The van der Waals surface area contributed by atoms with Crippen LogP contribution in [0, 0.1) is 0 Å². The summed E-state index contributed by atoms with van der Waals surface area (Å²) in [6.45, 7) is 0. The number of carbonyl (C=O) groups excluding carboxylic acids is 1. The van der Waals surface area contributed by atoms with Crippen molar-refractivity contribution in [2.75, 3.05) is 5.32 Å². The van der Waals surface area contributed by atoms with E-state index < -0.39 is 0 Å². The van der Waals surface area contributed by atoms with E-state index >= 15 is 0 Å². The zero-order chi connectivity index (χ0) is 18.4. The predicted octanol–water partition coefficient (Wildman–Crippen LogP) is 6.05. The van der Waals surface area contributed by atoms with Crippen molar-refractivity contribution < 1.29 is 4.79 Å². The van der Waals surface area contributed by atoms with Crippen LogP contribution in [0.15, 0.2) is 83.9 Å². The number of hydrogen-bond donors (Lipinski definition) is 1. The van der Waals surface area contributed by atoms with E-state index in [-0.39, 0.29) is 11.2 Å². The highest BCUT2D eigenvalue weighted by Crippen LogP contribution is 2.47. The lowest BCUT2D eigenvalue weighted by Crippen LogP contribution is -2.24. The van der Waals surface area contributed by atoms with Gasteiger partial charge in [0.15, 0.2) is 0 Å². The first-order valence-electron chi connectivity index (χ1n) is 8.63. The Kier molecular flexibility index (Phi) is 3.96. The molecule has 0 spiro atoms. The number of amides is 1. The van der Waals surface area contributed by atoms with Gasteiger partial charge >= 0.3 is 0 Å². The summed E-state index contributed by atoms with van der Waals surface area (Å²) in [6, 6.07) is 23.9. The third-order valence-electron chi connectivity index (χ3n) is 4.75. The fourth-order valence-corrected chi connectivity index (χ4v) is 4.81. The number of anilines is 1. The molecule has 1 aliphatic rings. The third kappa shape index (κ3) is 2.82. The van der Waals surface area contributed by atoms with Gasteiger partial charge in [0.25, 0.3) is 0 Å². The number of carbonyl (C=O) groups is 1. The summed E-state index contributed by atoms with van der Waals surface area (Å²) in [4.78, 5) is 14.0. The summed E-state index contributed by atoms with van der Waals surface area (Å²) >= 11 is 7.66. The molecule has 0 bridgehead atoms. The van der Waals surface area contributed by atoms with Crippen molar-refractivity contribution in [3.63, 3.8) is 0 Å². The van der Waals surface area contributed by atoms with Gasteiger partial charge in [0.1, 0.15) is 5.25 Å². The number of fused-ring (bicyclic) bond motifs is 2. The van der Waals surface area contributed by atoms with Crippen molar-refractivity contribution in [1.29, 1.82) is 0 Å². The zero-order valence-electron chi connectivity index (χ0n) is 14.2. The highest BCUT2D eigenvalue weighted by Gasteiger charge is 2.32. The second-order valence-corrected chi connectivity index (χ2v) is 8.01. The average Bonchev–Trinajstić information content (AvgIpc) is 3.07. The van der Waals surface area contributed by atoms with Gasteiger partial charge < -0.3 is 9.72 Å². The number of nitrogens with zero attached hydrogens (tertiary/aromatic N) is 1. The number of hydrogen-bond acceptors (Lipinski definition) is 2. The molecular weight excluding hydrogens is 376 g/mol. The molecule has 5 heteroatoms. The van der Waals surface area contributed by atoms with Crippen LogP contribution in [0.2, 0.25) is 5.02 Å². The maximum atomic E-state index is 13.0. The van der Waals surface area contributed by atoms with Crippen LogP contribution in [0.5, 0.6) is 0 Å². The average molecular weight is 391 g/mol. The second kappa shape index (κ2) is 6.48. The Labute approximate surface area is 166 Å². The highest BCUT2D eigenvalue weighted by atomic mass is 35.5. The van der Waals surface area contributed by atoms with E-state index in [9.17, 15) is 4.79 Å². The van der Waals surface area contributed by atoms with E-state index in [1.165, 1.54) is 0 Å². The van der Waals surface area contributed by atoms with E-state index in [0.717, 1.165) is 32.9 Å². The van der Waals surface area contributed by atoms with Crippen molar-refractivity contribution in [3.05, 3.63) is 89.7 Å². The number of halogens is 1. The highest BCUT2D eigenvalue weighted by molar-refractivity contribution is 8.00. The molecule has 27 heavy (non-hydrogen) atoms. The van der Waals surface area contributed by atoms with Gasteiger partial charge in [-0.25, -0.2) is 0 Å². The SMILES string of the molecule is O=C1Nc2ccccc2S[C@@H]1c1c(-c2ccc(Cl)cc2)cc2ccccn12. The van der Waals surface area contributed by atoms with Crippen LogP contribution in [-0.4, -0.2) is 10.3 Å². The monoisotopic (exact) mass is 390 g/mol. The molecule has 0 radical (unpaired) electrons. The summed E-state index contributed by atoms with van der Waals surface area (Å²) < 4.78 is 2.11. The molecule has 0 aliphatic carbocycles. The fraction of sp³-hybridized carbons (Fsp3) is 0.0455. The van der Waals surface area contributed by atoms with E-state index in [0.29, 0.717) is 5.02 Å². The molecule has 1 atom stereocenters. The van der Waals surface area contributed by atoms with Gasteiger partial charge in [0.2, 0.25) is 5.91 Å². The minimum Gasteiger partial charge on any atom is -0.324 e. The molecule has 2 aromatic heterocycles. The van der Waals surface area contributed by atoms with E-state index in [1.807, 2.05) is 66.9 Å². The van der Waals surface area contributed by atoms with Crippen LogP contribution in [-0.2, 0) is 4.79 Å². The smallest absolute Gasteiger partial charge is 0.243 e. The lowest BCUT2D eigenvalue weighted by Gasteiger charge is -2.25. The van der Waals surface area contributed by atoms with Crippen molar-refractivity contribution >= 4 is 40.5 Å². The van der Waals surface area contributed by atoms with Crippen LogP contribution >= 0.6 is 23.4 Å². The van der Waals surface area contributed by atoms with Crippen LogP contribution < -0.4 is 5.32 Å². The zero-order valence-corrected chi connectivity index (χ0v) is 15.8. The normalized spacial score (nSPS) is 16.2. The lowest BCUT2D eigenvalue weighted by atomic mass is 10.0. The van der Waals surface area contributed by atoms with Gasteiger partial charge in [-0.05, 0) is 48.0 Å². The first kappa shape index (κ1) is 16.5. The first-order chi connectivity index (χ1) is 13.2. The maximum absolute atomic E-state index is 13.0. The molecule has 132 valence electrons. The Bertz CT molecular complexity index is 1170. The maximum Gasteiger partial charge on any atom is 0.243 e. The molecule has 3 heterocycles. The van der Waals surface area contributed by atoms with Gasteiger partial charge in [-0.1, -0.05) is 41.9 Å². The van der Waals surface area contributed by atoms with E-state index in [1.54, 1.807) is 11.8 Å². The summed E-state index contributed by atoms with van der Waals surface area (Å²) in [5.74, 6) is -0.00207. The van der Waals surface area contributed by atoms with E-state index in [4.69, 9.17) is 11.6 Å². The van der Waals surface area contributed by atoms with Crippen LogP contribution in [0.1, 0.15) is 10.9 Å². The quantitative estimate of drug-likeness (QED) is 0.452. The number of aromatic nitrogens is 1. The Morgan fingerprint density at radius 2 is 1.74 bits per heavy atom. The van der Waals surface area contributed by atoms with E-state index in [2.05, 4.69) is 21.9 Å². The molecule has 0 saturated carbocycles. The fourth-order valence-electron chi connectivity index (χ4n) is 3.50. The number of rotatable bonds is 2. The number of pyridine rings is 1. The minimum atomic E-state index is -0.338. The topological polar surface area (TPSA) is 33.5 Å². The molecule has 5 rings (SSSR count). The van der Waals surface area contributed by atoms with Crippen molar-refractivity contribution in [3.8, 4) is 11.1 Å². The molecule has 3 nitrogen and oxygen atoms in total. The van der Waals surface area contributed by atoms with Crippen LogP contribution in [0.3, 0.4) is 0 Å². The molecule has 4 aromatic rings. The van der Waals surface area contributed by atoms with Gasteiger partial charge in [0, 0.05) is 27.2 Å². The van der Waals surface area contributed by atoms with Crippen molar-refractivity contribution in [2.45, 2.75) is 10.1 Å². The van der Waals surface area contributed by atoms with Gasteiger partial charge in [-0.3, -0.25) is 4.79 Å². The number of para-hydroxylation sites is 1. The number of nitrogens with one attached hydrogen (secondary N) is 1. The standard InChI is InChI=1S/C22H15ClN2OS/c23-15-10-8-14(9-11-15)17-13-16-5-3-4-12-25(16)20(17)21-22(26)24-18-6-1-2-7-19(18)27-21/h1-13,21H,(H,24,26)/t21-/m1/s1. The number of benzene rings is 2. The molecule has 0 saturated heterocycles. The minimum absolute atomic E-state index is 0.00207. The van der Waals surface area contributed by atoms with Gasteiger partial charge in [0.05, 0.1) is 11.4 Å². The Hall–Kier alpha value is -2.69. The summed E-state index contributed by atoms with van der Waals surface area (Å²) in [7, 11) is 0. The third-order valence-corrected chi connectivity index (χ3v) is 6.29. The molecule has 2 aromatic carbocycles. The Morgan fingerprint density at radius 1 is 0.963 bits per heavy atom. The molecular formula is C22H15ClN2OS. The lowest BCUT2D eigenvalue weighted by molar-refractivity contribution is -0.116. The second-order valence-electron chi connectivity index (χ2n) is 6.43. The summed E-state index contributed by atoms with van der Waals surface area (Å²) in [5.41, 5.74) is 5.00. The van der Waals surface area contributed by atoms with Crippen LogP contribution in [0.25, 0.3) is 16.6 Å². The largest absolute Gasteiger partial charge is 0.324 e. The summed E-state index contributed by atoms with van der Waals surface area (Å²) in [6.07, 6.45) is 2.01. The van der Waals surface area contributed by atoms with Crippen LogP contribution in [0.4, 0.5) is 5.69 Å². The molecule has 0 unspecified atom stereocenters. The van der Waals surface area contributed by atoms with Crippen molar-refractivity contribution in [2.24, 2.45) is 0 Å². The predicted molar refractivity (Wildman–Crippen MR) is 112 cm³/mol. The molecule has 1 aliphatic heterocycles. The molecule has 0 fully saturated rings. The molecule has 1 N–H and O–H groups in total. The number of thioether (sulfide) groups is 1. The van der Waals surface area contributed by atoms with Crippen molar-refractivity contribution in [1.82, 2.24) is 4.40 Å². The van der Waals surface area contributed by atoms with Gasteiger partial charge in [-0.15, -0.1) is 11.8 Å². The Morgan fingerprint density at radius 3 is 2.59 bits per heavy atom. The molecule has 1 amide bonds. The van der Waals surface area contributed by atoms with Gasteiger partial charge in [-0.2, -0.15) is 0 Å². The summed E-state index contributed by atoms with van der Waals surface area (Å²) in [5, 5.41) is 3.42. The Balaban J connectivity index is 1.71.